The van der Waals surface area contributed by atoms with Crippen molar-refractivity contribution >= 4 is 22.4 Å². The Morgan fingerprint density at radius 3 is 2.64 bits per heavy atom. The average molecular weight is 486 g/mol. The molecule has 1 amide bonds. The lowest BCUT2D eigenvalue weighted by molar-refractivity contribution is -0.116. The van der Waals surface area contributed by atoms with E-state index in [-0.39, 0.29) is 12.7 Å². The molecule has 4 aromatic rings. The Morgan fingerprint density at radius 1 is 1.03 bits per heavy atom. The molecule has 5 rings (SSSR count). The van der Waals surface area contributed by atoms with Crippen LogP contribution in [0.25, 0.3) is 27.7 Å². The van der Waals surface area contributed by atoms with Crippen molar-refractivity contribution in [2.24, 2.45) is 0 Å². The van der Waals surface area contributed by atoms with Gasteiger partial charge in [-0.2, -0.15) is 0 Å². The Bertz CT molecular complexity index is 1480. The van der Waals surface area contributed by atoms with Gasteiger partial charge in [0.15, 0.2) is 11.5 Å². The molecule has 184 valence electrons. The van der Waals surface area contributed by atoms with Gasteiger partial charge in [-0.1, -0.05) is 24.3 Å². The number of ether oxygens (including phenoxy) is 4. The largest absolute Gasteiger partial charge is 0.496 e. The zero-order valence-corrected chi connectivity index (χ0v) is 20.6. The second-order valence-corrected chi connectivity index (χ2v) is 8.54. The summed E-state index contributed by atoms with van der Waals surface area (Å²) in [6.07, 6.45) is 3.31. The first kappa shape index (κ1) is 23.4. The first-order valence-corrected chi connectivity index (χ1v) is 11.6. The lowest BCUT2D eigenvalue weighted by atomic mass is 9.96. The van der Waals surface area contributed by atoms with Crippen LogP contribution in [0.3, 0.4) is 0 Å². The molecule has 0 fully saturated rings. The van der Waals surface area contributed by atoms with Crippen molar-refractivity contribution in [2.45, 2.75) is 20.4 Å². The van der Waals surface area contributed by atoms with Crippen LogP contribution in [0.1, 0.15) is 23.6 Å². The fourth-order valence-corrected chi connectivity index (χ4v) is 4.51. The van der Waals surface area contributed by atoms with Crippen molar-refractivity contribution in [2.75, 3.05) is 21.0 Å². The molecule has 3 aromatic carbocycles. The number of rotatable bonds is 7. The molecule has 0 radical (unpaired) electrons. The van der Waals surface area contributed by atoms with Crippen LogP contribution in [-0.4, -0.2) is 26.9 Å². The maximum Gasteiger partial charge on any atom is 0.244 e. The topological polar surface area (TPSA) is 79.2 Å². The van der Waals surface area contributed by atoms with E-state index < -0.39 is 0 Å². The molecule has 1 aliphatic heterocycles. The average Bonchev–Trinajstić information content (AvgIpc) is 3.54. The molecule has 0 bridgehead atoms. The monoisotopic (exact) mass is 485 g/mol. The van der Waals surface area contributed by atoms with Gasteiger partial charge in [-0.15, -0.1) is 0 Å². The number of aryl methyl sites for hydroxylation is 1. The molecule has 7 heteroatoms. The summed E-state index contributed by atoms with van der Waals surface area (Å²) >= 11 is 0. The lowest BCUT2D eigenvalue weighted by Gasteiger charge is -2.14. The summed E-state index contributed by atoms with van der Waals surface area (Å²) in [5.74, 6) is 2.62. The highest BCUT2D eigenvalue weighted by molar-refractivity contribution is 6.02. The number of nitrogens with one attached hydrogen (secondary N) is 1. The van der Waals surface area contributed by atoms with E-state index in [1.165, 1.54) is 0 Å². The fourth-order valence-electron chi connectivity index (χ4n) is 4.51. The standard InChI is InChI=1S/C29H27NO6/c1-17(11-27(31)30-14-19-9-10-25-26(12-19)36-16-35-25)21-13-22-23(20-7-5-6-8-24(20)32-3)15-34-29(22)18(2)28(21)33-4/h5-13,15H,14,16H2,1-4H3,(H,30,31)/b17-11+. The number of methoxy groups -OCH3 is 2. The molecule has 0 saturated carbocycles. The van der Waals surface area contributed by atoms with E-state index >= 15 is 0 Å². The van der Waals surface area contributed by atoms with Crippen LogP contribution in [0.15, 0.2) is 65.3 Å². The molecule has 0 atom stereocenters. The third-order valence-corrected chi connectivity index (χ3v) is 6.32. The van der Waals surface area contributed by atoms with Gasteiger partial charge in [0.2, 0.25) is 12.7 Å². The number of allylic oxidation sites excluding steroid dienone is 1. The van der Waals surface area contributed by atoms with Crippen molar-refractivity contribution < 1.29 is 28.2 Å². The smallest absolute Gasteiger partial charge is 0.244 e. The fraction of sp³-hybridized carbons (Fsp3) is 0.207. The van der Waals surface area contributed by atoms with Crippen molar-refractivity contribution in [3.8, 4) is 34.1 Å². The van der Waals surface area contributed by atoms with Gasteiger partial charge < -0.3 is 28.7 Å². The Balaban J connectivity index is 1.45. The third kappa shape index (κ3) is 4.24. The minimum Gasteiger partial charge on any atom is -0.496 e. The Kier molecular flexibility index (Phi) is 6.29. The van der Waals surface area contributed by atoms with Crippen LogP contribution >= 0.6 is 0 Å². The number of amides is 1. The summed E-state index contributed by atoms with van der Waals surface area (Å²) in [5.41, 5.74) is 5.95. The normalized spacial score (nSPS) is 12.6. The van der Waals surface area contributed by atoms with Gasteiger partial charge in [-0.05, 0) is 49.2 Å². The van der Waals surface area contributed by atoms with E-state index in [0.717, 1.165) is 50.1 Å². The molecule has 0 spiro atoms. The molecule has 1 N–H and O–H groups in total. The number of hydrogen-bond donors (Lipinski definition) is 1. The first-order valence-electron chi connectivity index (χ1n) is 11.6. The van der Waals surface area contributed by atoms with Gasteiger partial charge >= 0.3 is 0 Å². The maximum absolute atomic E-state index is 12.8. The Labute approximate surface area is 209 Å². The SMILES string of the molecule is COc1ccccc1-c1coc2c(C)c(OC)c(/C(C)=C/C(=O)NCc3ccc4c(c3)OCO4)cc12. The van der Waals surface area contributed by atoms with Crippen LogP contribution in [0.5, 0.6) is 23.0 Å². The highest BCUT2D eigenvalue weighted by Crippen LogP contribution is 2.42. The summed E-state index contributed by atoms with van der Waals surface area (Å²) in [5, 5.41) is 3.86. The summed E-state index contributed by atoms with van der Waals surface area (Å²) in [7, 11) is 3.27. The quantitative estimate of drug-likeness (QED) is 0.330. The van der Waals surface area contributed by atoms with Crippen LogP contribution < -0.4 is 24.3 Å². The summed E-state index contributed by atoms with van der Waals surface area (Å²) in [4.78, 5) is 12.8. The van der Waals surface area contributed by atoms with E-state index in [0.29, 0.717) is 23.8 Å². The summed E-state index contributed by atoms with van der Waals surface area (Å²) < 4.78 is 28.0. The van der Waals surface area contributed by atoms with Crippen molar-refractivity contribution in [1.82, 2.24) is 5.32 Å². The van der Waals surface area contributed by atoms with Gasteiger partial charge in [0.25, 0.3) is 0 Å². The Hall–Kier alpha value is -4.39. The van der Waals surface area contributed by atoms with Crippen LogP contribution in [0, 0.1) is 6.92 Å². The van der Waals surface area contributed by atoms with Gasteiger partial charge in [-0.3, -0.25) is 4.79 Å². The van der Waals surface area contributed by atoms with E-state index in [2.05, 4.69) is 5.32 Å². The van der Waals surface area contributed by atoms with Crippen LogP contribution in [0.2, 0.25) is 0 Å². The minimum absolute atomic E-state index is 0.206. The first-order chi connectivity index (χ1) is 17.5. The minimum atomic E-state index is -0.206. The van der Waals surface area contributed by atoms with E-state index in [1.54, 1.807) is 26.6 Å². The summed E-state index contributed by atoms with van der Waals surface area (Å²) in [6, 6.07) is 15.4. The lowest BCUT2D eigenvalue weighted by Crippen LogP contribution is -2.20. The molecule has 0 saturated heterocycles. The van der Waals surface area contributed by atoms with Gasteiger partial charge in [0, 0.05) is 40.3 Å². The number of carbonyl (C=O) groups is 1. The second kappa shape index (κ2) is 9.70. The number of hydrogen-bond acceptors (Lipinski definition) is 6. The highest BCUT2D eigenvalue weighted by atomic mass is 16.7. The van der Waals surface area contributed by atoms with Crippen molar-refractivity contribution in [3.63, 3.8) is 0 Å². The number of benzene rings is 3. The molecule has 36 heavy (non-hydrogen) atoms. The van der Waals surface area contributed by atoms with E-state index in [1.807, 2.05) is 62.4 Å². The van der Waals surface area contributed by atoms with Crippen LogP contribution in [-0.2, 0) is 11.3 Å². The van der Waals surface area contributed by atoms with E-state index in [9.17, 15) is 4.79 Å². The third-order valence-electron chi connectivity index (χ3n) is 6.32. The van der Waals surface area contributed by atoms with Gasteiger partial charge in [0.1, 0.15) is 17.1 Å². The highest BCUT2D eigenvalue weighted by Gasteiger charge is 2.20. The molecule has 1 aliphatic rings. The maximum atomic E-state index is 12.8. The predicted octanol–water partition coefficient (Wildman–Crippen LogP) is 5.87. The second-order valence-electron chi connectivity index (χ2n) is 8.54. The van der Waals surface area contributed by atoms with Crippen LogP contribution in [0.4, 0.5) is 0 Å². The number of fused-ring (bicyclic) bond motifs is 2. The van der Waals surface area contributed by atoms with Gasteiger partial charge in [0.05, 0.1) is 20.5 Å². The summed E-state index contributed by atoms with van der Waals surface area (Å²) in [6.45, 7) is 4.43. The Morgan fingerprint density at radius 2 is 1.83 bits per heavy atom. The van der Waals surface area contributed by atoms with Crippen molar-refractivity contribution in [1.29, 1.82) is 0 Å². The van der Waals surface area contributed by atoms with E-state index in [4.69, 9.17) is 23.4 Å². The zero-order chi connectivity index (χ0) is 25.2. The van der Waals surface area contributed by atoms with Gasteiger partial charge in [-0.25, -0.2) is 0 Å². The number of furan rings is 1. The number of para-hydroxylation sites is 1. The molecule has 1 aromatic heterocycles. The van der Waals surface area contributed by atoms with Crippen molar-refractivity contribution in [3.05, 3.63) is 77.6 Å². The molecule has 7 nitrogen and oxygen atoms in total. The molecule has 2 heterocycles. The zero-order valence-electron chi connectivity index (χ0n) is 20.6. The predicted molar refractivity (Wildman–Crippen MR) is 138 cm³/mol. The molecule has 0 unspecified atom stereocenters. The molecule has 0 aliphatic carbocycles. The number of carbonyl (C=O) groups excluding carboxylic acids is 1. The molecular formula is C29H27NO6. The molecular weight excluding hydrogens is 458 g/mol.